The van der Waals surface area contributed by atoms with Crippen molar-refractivity contribution in [2.75, 3.05) is 26.6 Å². The van der Waals surface area contributed by atoms with Crippen LogP contribution in [0.5, 0.6) is 11.8 Å². The third kappa shape index (κ3) is 3.61. The van der Waals surface area contributed by atoms with Crippen LogP contribution in [0.1, 0.15) is 11.1 Å². The van der Waals surface area contributed by atoms with Crippen molar-refractivity contribution in [3.8, 4) is 11.8 Å². The summed E-state index contributed by atoms with van der Waals surface area (Å²) in [5.74, 6) is 0.997. The Morgan fingerprint density at radius 2 is 1.67 bits per heavy atom. The summed E-state index contributed by atoms with van der Waals surface area (Å²) in [5.41, 5.74) is 2.84. The minimum Gasteiger partial charge on any atom is -0.481 e. The lowest BCUT2D eigenvalue weighted by Crippen LogP contribution is -2.08. The van der Waals surface area contributed by atoms with Gasteiger partial charge in [-0.3, -0.25) is 0 Å². The number of methoxy groups -OCH3 is 3. The molecule has 0 spiro atoms. The normalized spacial score (nSPS) is 10.2. The molecular weight excluding hydrogens is 270 g/mol. The molecular formula is C15H19N3O3. The smallest absolute Gasteiger partial charge is 0.225 e. The predicted octanol–water partition coefficient (Wildman–Crippen LogP) is 2.25. The minimum absolute atomic E-state index is 0.494. The second-order valence-corrected chi connectivity index (χ2v) is 4.31. The van der Waals surface area contributed by atoms with Crippen molar-refractivity contribution in [1.29, 1.82) is 0 Å². The van der Waals surface area contributed by atoms with Gasteiger partial charge in [-0.1, -0.05) is 18.2 Å². The Balaban J connectivity index is 2.20. The van der Waals surface area contributed by atoms with Gasteiger partial charge in [0.05, 0.1) is 32.9 Å². The van der Waals surface area contributed by atoms with Gasteiger partial charge in [0, 0.05) is 18.4 Å². The Labute approximate surface area is 124 Å². The first-order chi connectivity index (χ1) is 10.3. The summed E-state index contributed by atoms with van der Waals surface area (Å²) >= 11 is 0. The van der Waals surface area contributed by atoms with Gasteiger partial charge in [-0.15, -0.1) is 0 Å². The Morgan fingerprint density at radius 1 is 1.00 bits per heavy atom. The summed E-state index contributed by atoms with van der Waals surface area (Å²) in [5, 5.41) is 3.34. The van der Waals surface area contributed by atoms with Crippen LogP contribution >= 0.6 is 0 Å². The van der Waals surface area contributed by atoms with E-state index < -0.39 is 0 Å². The molecule has 0 fully saturated rings. The molecule has 1 heterocycles. The van der Waals surface area contributed by atoms with Gasteiger partial charge in [0.15, 0.2) is 0 Å². The number of nitrogens with zero attached hydrogens (tertiary/aromatic N) is 2. The topological polar surface area (TPSA) is 65.5 Å². The SMILES string of the molecule is COCc1ccccc1NCc1c(OC)ncnc1OC. The van der Waals surface area contributed by atoms with Gasteiger partial charge in [-0.05, 0) is 6.07 Å². The molecule has 0 unspecified atom stereocenters. The van der Waals surface area contributed by atoms with E-state index in [1.807, 2.05) is 24.3 Å². The molecule has 0 bridgehead atoms. The van der Waals surface area contributed by atoms with E-state index in [9.17, 15) is 0 Å². The maximum absolute atomic E-state index is 5.26. The first-order valence-electron chi connectivity index (χ1n) is 6.52. The van der Waals surface area contributed by atoms with Crippen LogP contribution in [-0.4, -0.2) is 31.3 Å². The van der Waals surface area contributed by atoms with E-state index in [0.29, 0.717) is 24.9 Å². The fraction of sp³-hybridized carbons (Fsp3) is 0.333. The highest BCUT2D eigenvalue weighted by Crippen LogP contribution is 2.25. The number of benzene rings is 1. The molecule has 1 aromatic heterocycles. The molecule has 1 aromatic carbocycles. The summed E-state index contributed by atoms with van der Waals surface area (Å²) in [6, 6.07) is 7.96. The number of para-hydroxylation sites is 1. The van der Waals surface area contributed by atoms with E-state index >= 15 is 0 Å². The highest BCUT2D eigenvalue weighted by atomic mass is 16.5. The Hall–Kier alpha value is -2.34. The molecule has 1 N–H and O–H groups in total. The number of rotatable bonds is 7. The lowest BCUT2D eigenvalue weighted by atomic mass is 10.2. The Morgan fingerprint density at radius 3 is 2.29 bits per heavy atom. The summed E-state index contributed by atoms with van der Waals surface area (Å²) in [4.78, 5) is 8.20. The largest absolute Gasteiger partial charge is 0.481 e. The lowest BCUT2D eigenvalue weighted by molar-refractivity contribution is 0.185. The maximum atomic E-state index is 5.26. The molecule has 112 valence electrons. The fourth-order valence-electron chi connectivity index (χ4n) is 2.04. The molecule has 2 aromatic rings. The van der Waals surface area contributed by atoms with Crippen LogP contribution in [0.3, 0.4) is 0 Å². The molecule has 6 nitrogen and oxygen atoms in total. The van der Waals surface area contributed by atoms with Gasteiger partial charge in [-0.25, -0.2) is 9.97 Å². The molecule has 2 rings (SSSR count). The van der Waals surface area contributed by atoms with Crippen molar-refractivity contribution in [3.63, 3.8) is 0 Å². The number of hydrogen-bond acceptors (Lipinski definition) is 6. The molecule has 0 aliphatic carbocycles. The van der Waals surface area contributed by atoms with Crippen LogP contribution in [0.2, 0.25) is 0 Å². The highest BCUT2D eigenvalue weighted by molar-refractivity contribution is 5.52. The second-order valence-electron chi connectivity index (χ2n) is 4.31. The molecule has 0 saturated carbocycles. The number of aromatic nitrogens is 2. The molecule has 0 saturated heterocycles. The van der Waals surface area contributed by atoms with Crippen molar-refractivity contribution in [2.24, 2.45) is 0 Å². The lowest BCUT2D eigenvalue weighted by Gasteiger charge is -2.14. The van der Waals surface area contributed by atoms with Gasteiger partial charge < -0.3 is 19.5 Å². The zero-order valence-corrected chi connectivity index (χ0v) is 12.4. The third-order valence-electron chi connectivity index (χ3n) is 3.03. The third-order valence-corrected chi connectivity index (χ3v) is 3.03. The molecule has 0 radical (unpaired) electrons. The van der Waals surface area contributed by atoms with Crippen LogP contribution in [0.25, 0.3) is 0 Å². The zero-order chi connectivity index (χ0) is 15.1. The zero-order valence-electron chi connectivity index (χ0n) is 12.4. The van der Waals surface area contributed by atoms with E-state index in [-0.39, 0.29) is 0 Å². The Kier molecular flexibility index (Phi) is 5.34. The average molecular weight is 289 g/mol. The van der Waals surface area contributed by atoms with E-state index in [2.05, 4.69) is 15.3 Å². The van der Waals surface area contributed by atoms with Gasteiger partial charge in [-0.2, -0.15) is 0 Å². The molecule has 0 aliphatic heterocycles. The van der Waals surface area contributed by atoms with Crippen molar-refractivity contribution in [1.82, 2.24) is 9.97 Å². The van der Waals surface area contributed by atoms with E-state index in [0.717, 1.165) is 16.8 Å². The average Bonchev–Trinajstić information content (AvgIpc) is 2.54. The van der Waals surface area contributed by atoms with Gasteiger partial charge in [0.2, 0.25) is 11.8 Å². The van der Waals surface area contributed by atoms with Gasteiger partial charge >= 0.3 is 0 Å². The minimum atomic E-state index is 0.494. The Bertz CT molecular complexity index is 568. The van der Waals surface area contributed by atoms with Gasteiger partial charge in [0.25, 0.3) is 0 Å². The molecule has 0 aliphatic rings. The predicted molar refractivity (Wildman–Crippen MR) is 79.6 cm³/mol. The van der Waals surface area contributed by atoms with Crippen LogP contribution in [-0.2, 0) is 17.9 Å². The van der Waals surface area contributed by atoms with Crippen molar-refractivity contribution in [2.45, 2.75) is 13.2 Å². The number of hydrogen-bond donors (Lipinski definition) is 1. The summed E-state index contributed by atoms with van der Waals surface area (Å²) in [7, 11) is 4.82. The monoisotopic (exact) mass is 289 g/mol. The number of anilines is 1. The maximum Gasteiger partial charge on any atom is 0.225 e. The fourth-order valence-corrected chi connectivity index (χ4v) is 2.04. The van der Waals surface area contributed by atoms with Crippen LogP contribution < -0.4 is 14.8 Å². The van der Waals surface area contributed by atoms with E-state index in [1.165, 1.54) is 6.33 Å². The van der Waals surface area contributed by atoms with Crippen LogP contribution in [0, 0.1) is 0 Å². The first-order valence-corrected chi connectivity index (χ1v) is 6.52. The molecule has 0 amide bonds. The van der Waals surface area contributed by atoms with Crippen LogP contribution in [0.4, 0.5) is 5.69 Å². The standard InChI is InChI=1S/C15H19N3O3/c1-19-9-11-6-4-5-7-13(11)16-8-12-14(20-2)17-10-18-15(12)21-3/h4-7,10,16H,8-9H2,1-3H3. The van der Waals surface area contributed by atoms with E-state index in [4.69, 9.17) is 14.2 Å². The van der Waals surface area contributed by atoms with Crippen molar-refractivity contribution >= 4 is 5.69 Å². The summed E-state index contributed by atoms with van der Waals surface area (Å²) in [6.07, 6.45) is 1.42. The van der Waals surface area contributed by atoms with Crippen LogP contribution in [0.15, 0.2) is 30.6 Å². The van der Waals surface area contributed by atoms with Gasteiger partial charge in [0.1, 0.15) is 6.33 Å². The molecule has 6 heteroatoms. The summed E-state index contributed by atoms with van der Waals surface area (Å²) < 4.78 is 15.7. The van der Waals surface area contributed by atoms with E-state index in [1.54, 1.807) is 21.3 Å². The first kappa shape index (κ1) is 15.1. The number of ether oxygens (including phenoxy) is 3. The highest BCUT2D eigenvalue weighted by Gasteiger charge is 2.13. The molecule has 21 heavy (non-hydrogen) atoms. The second kappa shape index (κ2) is 7.44. The quantitative estimate of drug-likeness (QED) is 0.843. The summed E-state index contributed by atoms with van der Waals surface area (Å²) in [6.45, 7) is 1.04. The van der Waals surface area contributed by atoms with Crippen molar-refractivity contribution < 1.29 is 14.2 Å². The van der Waals surface area contributed by atoms with Crippen molar-refractivity contribution in [3.05, 3.63) is 41.7 Å². The molecule has 0 atom stereocenters. The number of nitrogens with one attached hydrogen (secondary N) is 1.